The molecular formula is C72H92O10. The number of carbonyl (C=O) groups excluding carboxylic acids is 4. The molecule has 82 heavy (non-hydrogen) atoms. The van der Waals surface area contributed by atoms with Crippen LogP contribution in [0, 0.1) is 45.3 Å². The van der Waals surface area contributed by atoms with Gasteiger partial charge in [0.25, 0.3) is 0 Å². The van der Waals surface area contributed by atoms with Crippen molar-refractivity contribution in [2.45, 2.75) is 219 Å². The number of aromatic hydroxyl groups is 2. The molecule has 0 amide bonds. The van der Waals surface area contributed by atoms with E-state index in [4.69, 9.17) is 18.9 Å². The molecule has 8 aliphatic rings. The Morgan fingerprint density at radius 1 is 0.415 bits per heavy atom. The smallest absolute Gasteiger partial charge is 0.312 e. The lowest BCUT2D eigenvalue weighted by molar-refractivity contribution is -0.172. The average Bonchev–Trinajstić information content (AvgIpc) is 1.32. The second-order valence-electron chi connectivity index (χ2n) is 29.3. The van der Waals surface area contributed by atoms with Crippen molar-refractivity contribution in [1.82, 2.24) is 0 Å². The van der Waals surface area contributed by atoms with Crippen molar-refractivity contribution in [1.29, 1.82) is 0 Å². The highest BCUT2D eigenvalue weighted by molar-refractivity contribution is 5.79. The topological polar surface area (TPSA) is 146 Å². The van der Waals surface area contributed by atoms with Crippen LogP contribution in [0.5, 0.6) is 23.0 Å². The van der Waals surface area contributed by atoms with Crippen molar-refractivity contribution in [3.63, 3.8) is 0 Å². The van der Waals surface area contributed by atoms with Crippen LogP contribution in [-0.4, -0.2) is 47.3 Å². The van der Waals surface area contributed by atoms with E-state index in [2.05, 4.69) is 85.7 Å². The maximum absolute atomic E-state index is 14.3. The molecule has 0 radical (unpaired) electrons. The van der Waals surface area contributed by atoms with Crippen molar-refractivity contribution in [3.8, 4) is 23.0 Å². The fourth-order valence-corrected chi connectivity index (χ4v) is 20.1. The standard InChI is InChI=1S/C38H48O6.C34H44O4/c1-24(39)43-28-13-9-26-11-15-32-35(3,17-7-18-36(32,4)30(26)21-28)23-42-34(41)38(6)20-8-19-37(5)31-22-29(44-25(2)40)14-10-27(31)12-16-33(37)38;1-31(15-5-16-32(2)26-19-24(35)11-7-22(26)9-13-28(31)32)21-38-30(37)34(4)18-6-17-33(3)27-20-25(36)12-8-23(27)10-14-29(33)34/h9-10,13-14,21-22,32-33H,7-8,11-12,15-20,23H2,1-6H3;7-8,11-12,19-20,28-29,35-36H,5-6,9-10,13-18,21H2,1-4H3/t32-,33+,35+,36+,37+,38-;28-,29+,31+,32+,33+,34-/m00/s1. The number of rotatable bonds is 8. The van der Waals surface area contributed by atoms with E-state index >= 15 is 0 Å². The average molecular weight is 1120 g/mol. The highest BCUT2D eigenvalue weighted by Crippen LogP contribution is 2.63. The Morgan fingerprint density at radius 3 is 1.07 bits per heavy atom. The molecule has 0 bridgehead atoms. The van der Waals surface area contributed by atoms with Crippen LogP contribution in [0.25, 0.3) is 0 Å². The predicted octanol–water partition coefficient (Wildman–Crippen LogP) is 15.2. The number of ether oxygens (including phenoxy) is 4. The van der Waals surface area contributed by atoms with Crippen LogP contribution < -0.4 is 9.47 Å². The summed E-state index contributed by atoms with van der Waals surface area (Å²) in [5.41, 5.74) is 8.65. The highest BCUT2D eigenvalue weighted by Gasteiger charge is 2.60. The summed E-state index contributed by atoms with van der Waals surface area (Å²) in [6, 6.07) is 23.8. The summed E-state index contributed by atoms with van der Waals surface area (Å²) in [5.74, 6) is 2.28. The Kier molecular flexibility index (Phi) is 15.0. The third kappa shape index (κ3) is 9.77. The summed E-state index contributed by atoms with van der Waals surface area (Å²) in [6.45, 7) is 22.1. The molecule has 10 heteroatoms. The van der Waals surface area contributed by atoms with E-state index in [9.17, 15) is 29.4 Å². The summed E-state index contributed by atoms with van der Waals surface area (Å²) < 4.78 is 23.8. The van der Waals surface area contributed by atoms with Gasteiger partial charge in [0.2, 0.25) is 0 Å². The third-order valence-corrected chi connectivity index (χ3v) is 24.1. The number of carbonyl (C=O) groups is 4. The molecule has 8 aliphatic carbocycles. The summed E-state index contributed by atoms with van der Waals surface area (Å²) >= 11 is 0. The Labute approximate surface area is 488 Å². The lowest BCUT2D eigenvalue weighted by atomic mass is 9.49. The van der Waals surface area contributed by atoms with Crippen molar-refractivity contribution in [2.75, 3.05) is 13.2 Å². The number of phenolic OH excluding ortho intramolecular Hbond substituents is 2. The Morgan fingerprint density at radius 2 is 0.720 bits per heavy atom. The predicted molar refractivity (Wildman–Crippen MR) is 318 cm³/mol. The minimum Gasteiger partial charge on any atom is -0.508 e. The molecule has 12 rings (SSSR count). The van der Waals surface area contributed by atoms with Crippen LogP contribution in [-0.2, 0) is 76.0 Å². The van der Waals surface area contributed by atoms with Crippen molar-refractivity contribution < 1.29 is 48.3 Å². The van der Waals surface area contributed by atoms with Gasteiger partial charge < -0.3 is 29.2 Å². The molecule has 0 aliphatic heterocycles. The summed E-state index contributed by atoms with van der Waals surface area (Å²) in [7, 11) is 0. The molecule has 0 saturated heterocycles. The summed E-state index contributed by atoms with van der Waals surface area (Å²) in [4.78, 5) is 51.7. The first-order valence-electron chi connectivity index (χ1n) is 31.4. The van der Waals surface area contributed by atoms with E-state index in [0.717, 1.165) is 128 Å². The van der Waals surface area contributed by atoms with E-state index in [1.54, 1.807) is 6.07 Å². The second kappa shape index (κ2) is 21.2. The van der Waals surface area contributed by atoms with Gasteiger partial charge in [-0.15, -0.1) is 0 Å². The first-order chi connectivity index (χ1) is 38.8. The van der Waals surface area contributed by atoms with Gasteiger partial charge in [0.15, 0.2) is 0 Å². The Hall–Kier alpha value is -5.64. The van der Waals surface area contributed by atoms with Gasteiger partial charge >= 0.3 is 23.9 Å². The maximum atomic E-state index is 14.3. The van der Waals surface area contributed by atoms with E-state index in [0.29, 0.717) is 48.0 Å². The zero-order chi connectivity index (χ0) is 58.4. The zero-order valence-corrected chi connectivity index (χ0v) is 51.0. The molecule has 4 fully saturated rings. The van der Waals surface area contributed by atoms with Crippen LogP contribution in [0.1, 0.15) is 216 Å². The minimum atomic E-state index is -0.575. The van der Waals surface area contributed by atoms with Crippen LogP contribution in [0.4, 0.5) is 0 Å². The molecule has 4 aromatic carbocycles. The van der Waals surface area contributed by atoms with Gasteiger partial charge in [-0.1, -0.05) is 91.5 Å². The summed E-state index contributed by atoms with van der Waals surface area (Å²) in [5, 5.41) is 20.6. The van der Waals surface area contributed by atoms with Crippen LogP contribution in [0.15, 0.2) is 72.8 Å². The van der Waals surface area contributed by atoms with Gasteiger partial charge in [0, 0.05) is 24.7 Å². The van der Waals surface area contributed by atoms with Gasteiger partial charge in [-0.3, -0.25) is 19.2 Å². The van der Waals surface area contributed by atoms with E-state index in [1.807, 2.05) is 36.4 Å². The van der Waals surface area contributed by atoms with Crippen LogP contribution in [0.2, 0.25) is 0 Å². The number of benzene rings is 4. The lowest BCUT2D eigenvalue weighted by Gasteiger charge is -2.56. The summed E-state index contributed by atoms with van der Waals surface area (Å²) in [6.07, 6.45) is 20.1. The Bertz CT molecular complexity index is 3180. The van der Waals surface area contributed by atoms with Crippen molar-refractivity contribution >= 4 is 23.9 Å². The minimum absolute atomic E-state index is 0.00583. The first-order valence-corrected chi connectivity index (χ1v) is 31.4. The van der Waals surface area contributed by atoms with Gasteiger partial charge in [0.05, 0.1) is 24.0 Å². The number of hydrogen-bond acceptors (Lipinski definition) is 10. The molecule has 4 saturated carbocycles. The lowest BCUT2D eigenvalue weighted by Crippen LogP contribution is -2.54. The van der Waals surface area contributed by atoms with Crippen LogP contribution >= 0.6 is 0 Å². The second-order valence-corrected chi connectivity index (χ2v) is 29.3. The highest BCUT2D eigenvalue weighted by atomic mass is 16.5. The third-order valence-electron chi connectivity index (χ3n) is 24.1. The fraction of sp³-hybridized carbons (Fsp3) is 0.611. The van der Waals surface area contributed by atoms with Gasteiger partial charge in [-0.2, -0.15) is 0 Å². The van der Waals surface area contributed by atoms with Gasteiger partial charge in [-0.05, 0) is 255 Å². The quantitative estimate of drug-likeness (QED) is 0.129. The number of hydrogen-bond donors (Lipinski definition) is 2. The number of fused-ring (bicyclic) bond motifs is 12. The molecule has 0 spiro atoms. The Balaban J connectivity index is 0.000000174. The largest absolute Gasteiger partial charge is 0.508 e. The van der Waals surface area contributed by atoms with E-state index < -0.39 is 10.8 Å². The fourth-order valence-electron chi connectivity index (χ4n) is 20.1. The van der Waals surface area contributed by atoms with Crippen molar-refractivity contribution in [2.24, 2.45) is 45.3 Å². The van der Waals surface area contributed by atoms with E-state index in [1.165, 1.54) is 58.4 Å². The maximum Gasteiger partial charge on any atom is 0.312 e. The number of phenols is 2. The molecule has 440 valence electrons. The SMILES string of the molecule is CC(=O)Oc1ccc2c(c1)[C@@]1(C)CCC[C@](C)(COC(=O)[C@@]3(C)CCC[C@]4(C)c5cc(OC(C)=O)ccc5CC[C@@H]34)[C@@H]1CC2.C[C@]1(COC(=O)[C@@]2(C)CCC[C@]3(C)c4cc(O)ccc4CC[C@@H]23)CCC[C@]2(C)c3cc(O)ccc3CC[C@@H]12. The first kappa shape index (κ1) is 58.1. The molecule has 2 N–H and O–H groups in total. The molecule has 10 nitrogen and oxygen atoms in total. The number of esters is 4. The molecule has 12 atom stereocenters. The van der Waals surface area contributed by atoms with Crippen LogP contribution in [0.3, 0.4) is 0 Å². The van der Waals surface area contributed by atoms with Crippen molar-refractivity contribution in [3.05, 3.63) is 117 Å². The molecule has 0 aromatic heterocycles. The van der Waals surface area contributed by atoms with Gasteiger partial charge in [0.1, 0.15) is 23.0 Å². The zero-order valence-electron chi connectivity index (χ0n) is 51.0. The molecule has 0 unspecified atom stereocenters. The molecule has 4 aromatic rings. The monoisotopic (exact) mass is 1120 g/mol. The molecule has 0 heterocycles. The van der Waals surface area contributed by atoms with Gasteiger partial charge in [-0.25, -0.2) is 0 Å². The normalized spacial score (nSPS) is 35.7. The number of aryl methyl sites for hydroxylation is 4. The molecular weight excluding hydrogens is 1020 g/mol. The van der Waals surface area contributed by atoms with E-state index in [-0.39, 0.29) is 68.2 Å².